The van der Waals surface area contributed by atoms with Crippen LogP contribution in [0, 0.1) is 5.82 Å². The molecule has 2 fully saturated rings. The van der Waals surface area contributed by atoms with Gasteiger partial charge in [0.1, 0.15) is 40.3 Å². The quantitative estimate of drug-likeness (QED) is 0.584. The number of carbonyl (C=O) groups excluding carboxylic acids is 2. The summed E-state index contributed by atoms with van der Waals surface area (Å²) in [5.41, 5.74) is 0.00402. The normalized spacial score (nSPS) is 19.6. The van der Waals surface area contributed by atoms with Crippen LogP contribution in [-0.2, 0) is 9.53 Å². The number of carbonyl (C=O) groups is 2. The molecule has 10 nitrogen and oxygen atoms in total. The van der Waals surface area contributed by atoms with Crippen LogP contribution in [0.3, 0.4) is 0 Å². The van der Waals surface area contributed by atoms with Gasteiger partial charge in [-0.15, -0.1) is 0 Å². The van der Waals surface area contributed by atoms with Crippen LogP contribution in [0.2, 0.25) is 5.02 Å². The Bertz CT molecular complexity index is 1260. The SMILES string of the molecule is CN(C)/C=C/C(=O)N1CCN2C(=O)c3c(N4CCOCC4)nc(-c4c(O)cccc4F)c(Cl)c3OC[C@H]2C1. The van der Waals surface area contributed by atoms with E-state index in [2.05, 4.69) is 4.98 Å². The van der Waals surface area contributed by atoms with Crippen molar-refractivity contribution in [2.24, 2.45) is 0 Å². The zero-order chi connectivity index (χ0) is 27.0. The highest BCUT2D eigenvalue weighted by atomic mass is 35.5. The Labute approximate surface area is 224 Å². The lowest BCUT2D eigenvalue weighted by atomic mass is 10.0. The van der Waals surface area contributed by atoms with E-state index in [0.717, 1.165) is 0 Å². The van der Waals surface area contributed by atoms with E-state index in [1.807, 2.05) is 19.0 Å². The minimum Gasteiger partial charge on any atom is -0.507 e. The van der Waals surface area contributed by atoms with Crippen molar-refractivity contribution in [3.63, 3.8) is 0 Å². The summed E-state index contributed by atoms with van der Waals surface area (Å²) in [6.07, 6.45) is 3.17. The minimum absolute atomic E-state index is 0.0131. The number of halogens is 2. The maximum atomic E-state index is 14.9. The molecule has 5 rings (SSSR count). The molecule has 1 aromatic carbocycles. The maximum absolute atomic E-state index is 14.9. The number of amides is 2. The highest BCUT2D eigenvalue weighted by Crippen LogP contribution is 2.46. The highest BCUT2D eigenvalue weighted by molar-refractivity contribution is 6.35. The number of fused-ring (bicyclic) bond motifs is 2. The van der Waals surface area contributed by atoms with Crippen molar-refractivity contribution in [1.82, 2.24) is 19.7 Å². The van der Waals surface area contributed by atoms with Gasteiger partial charge in [-0.3, -0.25) is 9.59 Å². The summed E-state index contributed by atoms with van der Waals surface area (Å²) in [5.74, 6) is -1.12. The number of aromatic nitrogens is 1. The number of morpholine rings is 1. The third-order valence-electron chi connectivity index (χ3n) is 6.82. The lowest BCUT2D eigenvalue weighted by Crippen LogP contribution is -2.57. The topological polar surface area (TPSA) is 98.7 Å². The molecule has 3 aliphatic rings. The number of phenols is 1. The van der Waals surface area contributed by atoms with Crippen LogP contribution >= 0.6 is 11.6 Å². The summed E-state index contributed by atoms with van der Waals surface area (Å²) < 4.78 is 26.5. The van der Waals surface area contributed by atoms with Crippen molar-refractivity contribution in [3.05, 3.63) is 46.9 Å². The van der Waals surface area contributed by atoms with Crippen LogP contribution in [0.4, 0.5) is 10.2 Å². The lowest BCUT2D eigenvalue weighted by Gasteiger charge is -2.39. The van der Waals surface area contributed by atoms with Gasteiger partial charge < -0.3 is 34.2 Å². The third kappa shape index (κ3) is 4.83. The van der Waals surface area contributed by atoms with Crippen molar-refractivity contribution in [2.45, 2.75) is 6.04 Å². The minimum atomic E-state index is -0.704. The van der Waals surface area contributed by atoms with E-state index >= 15 is 0 Å². The Morgan fingerprint density at radius 3 is 2.68 bits per heavy atom. The lowest BCUT2D eigenvalue weighted by molar-refractivity contribution is -0.128. The molecule has 1 atom stereocenters. The summed E-state index contributed by atoms with van der Waals surface area (Å²) in [6.45, 7) is 2.82. The van der Waals surface area contributed by atoms with E-state index in [1.54, 1.807) is 20.9 Å². The zero-order valence-electron chi connectivity index (χ0n) is 21.2. The number of hydrogen-bond acceptors (Lipinski definition) is 8. The van der Waals surface area contributed by atoms with Gasteiger partial charge in [0.2, 0.25) is 5.91 Å². The molecule has 3 aliphatic heterocycles. The van der Waals surface area contributed by atoms with Gasteiger partial charge in [0.25, 0.3) is 5.91 Å². The van der Waals surface area contributed by atoms with Gasteiger partial charge in [0.15, 0.2) is 5.75 Å². The molecule has 2 saturated heterocycles. The van der Waals surface area contributed by atoms with E-state index in [4.69, 9.17) is 21.1 Å². The summed E-state index contributed by atoms with van der Waals surface area (Å²) in [7, 11) is 3.66. The van der Waals surface area contributed by atoms with Crippen molar-refractivity contribution in [2.75, 3.05) is 71.5 Å². The van der Waals surface area contributed by atoms with Crippen LogP contribution in [0.15, 0.2) is 30.5 Å². The molecule has 0 bridgehead atoms. The number of anilines is 1. The monoisotopic (exact) mass is 545 g/mol. The Kier molecular flexibility index (Phi) is 7.31. The Balaban J connectivity index is 1.57. The number of piperazine rings is 1. The van der Waals surface area contributed by atoms with Gasteiger partial charge in [-0.2, -0.15) is 0 Å². The Morgan fingerprint density at radius 1 is 1.21 bits per heavy atom. The standard InChI is InChI=1S/C26H29ClFN5O5/c1-30(2)7-6-19(35)32-8-9-33-16(14-32)15-38-24-21(26(33)36)25(31-10-12-37-13-11-31)29-23(22(24)27)20-17(28)4-3-5-18(20)34/h3-7,16,34H,8-15H2,1-2H3/b7-6+/t16-/m1/s1. The molecule has 0 unspecified atom stereocenters. The van der Waals surface area contributed by atoms with E-state index in [0.29, 0.717) is 45.2 Å². The van der Waals surface area contributed by atoms with E-state index in [9.17, 15) is 19.1 Å². The predicted molar refractivity (Wildman–Crippen MR) is 139 cm³/mol. The number of hydrogen-bond donors (Lipinski definition) is 1. The van der Waals surface area contributed by atoms with Gasteiger partial charge in [0, 0.05) is 59.1 Å². The smallest absolute Gasteiger partial charge is 0.261 e. The Morgan fingerprint density at radius 2 is 1.97 bits per heavy atom. The van der Waals surface area contributed by atoms with Crippen LogP contribution < -0.4 is 9.64 Å². The number of rotatable bonds is 4. The van der Waals surface area contributed by atoms with Gasteiger partial charge >= 0.3 is 0 Å². The summed E-state index contributed by atoms with van der Waals surface area (Å²) in [4.78, 5) is 38.4. The number of pyridine rings is 1. The van der Waals surface area contributed by atoms with Gasteiger partial charge in [-0.25, -0.2) is 9.37 Å². The molecule has 0 saturated carbocycles. The fourth-order valence-corrected chi connectivity index (χ4v) is 5.17. The van der Waals surface area contributed by atoms with Gasteiger partial charge in [-0.1, -0.05) is 17.7 Å². The molecule has 1 N–H and O–H groups in total. The van der Waals surface area contributed by atoms with E-state index in [-0.39, 0.29) is 58.3 Å². The number of phenolic OH excluding ortho intramolecular Hbond substituents is 1. The highest BCUT2D eigenvalue weighted by Gasteiger charge is 2.41. The van der Waals surface area contributed by atoms with E-state index < -0.39 is 11.9 Å². The first-order valence-electron chi connectivity index (χ1n) is 12.4. The number of ether oxygens (including phenoxy) is 2. The van der Waals surface area contributed by atoms with Crippen LogP contribution in [0.1, 0.15) is 10.4 Å². The molecular weight excluding hydrogens is 517 g/mol. The van der Waals surface area contributed by atoms with Gasteiger partial charge in [-0.05, 0) is 12.1 Å². The first-order valence-corrected chi connectivity index (χ1v) is 12.8. The zero-order valence-corrected chi connectivity index (χ0v) is 21.9. The first kappa shape index (κ1) is 26.1. The number of nitrogens with zero attached hydrogens (tertiary/aromatic N) is 5. The van der Waals surface area contributed by atoms with Crippen molar-refractivity contribution in [3.8, 4) is 22.8 Å². The summed E-state index contributed by atoms with van der Waals surface area (Å²) in [5, 5.41) is 10.4. The molecule has 38 heavy (non-hydrogen) atoms. The Hall–Kier alpha value is -3.57. The van der Waals surface area contributed by atoms with Crippen molar-refractivity contribution >= 4 is 29.2 Å². The number of aromatic hydroxyl groups is 1. The van der Waals surface area contributed by atoms with Crippen molar-refractivity contribution < 1.29 is 28.6 Å². The number of benzene rings is 1. The molecule has 0 radical (unpaired) electrons. The van der Waals surface area contributed by atoms with Crippen LogP contribution in [0.5, 0.6) is 11.5 Å². The molecule has 2 aromatic rings. The second-order valence-electron chi connectivity index (χ2n) is 9.56. The average molecular weight is 546 g/mol. The van der Waals surface area contributed by atoms with E-state index in [1.165, 1.54) is 24.3 Å². The van der Waals surface area contributed by atoms with Crippen LogP contribution in [-0.4, -0.2) is 109 Å². The summed E-state index contributed by atoms with van der Waals surface area (Å²) in [6, 6.07) is 3.52. The molecule has 0 spiro atoms. The third-order valence-corrected chi connectivity index (χ3v) is 7.17. The fraction of sp³-hybridized carbons (Fsp3) is 0.423. The molecule has 4 heterocycles. The average Bonchev–Trinajstić information content (AvgIpc) is 3.05. The largest absolute Gasteiger partial charge is 0.507 e. The molecular formula is C26H29ClFN5O5. The predicted octanol–water partition coefficient (Wildman–Crippen LogP) is 2.20. The van der Waals surface area contributed by atoms with Crippen LogP contribution in [0.25, 0.3) is 11.3 Å². The molecule has 202 valence electrons. The summed E-state index contributed by atoms with van der Waals surface area (Å²) >= 11 is 6.74. The molecule has 1 aromatic heterocycles. The maximum Gasteiger partial charge on any atom is 0.261 e. The fourth-order valence-electron chi connectivity index (χ4n) is 4.88. The molecule has 2 amide bonds. The van der Waals surface area contributed by atoms with Gasteiger partial charge in [0.05, 0.1) is 24.8 Å². The molecule has 0 aliphatic carbocycles. The van der Waals surface area contributed by atoms with Crippen molar-refractivity contribution in [1.29, 1.82) is 0 Å². The molecule has 12 heteroatoms. The first-order chi connectivity index (χ1) is 18.3. The second-order valence-corrected chi connectivity index (χ2v) is 9.94. The second kappa shape index (κ2) is 10.7.